The minimum atomic E-state index is -0.992. The van der Waals surface area contributed by atoms with E-state index in [-0.39, 0.29) is 31.9 Å². The van der Waals surface area contributed by atoms with E-state index >= 15 is 0 Å². The highest BCUT2D eigenvalue weighted by Gasteiger charge is 2.38. The number of benzene rings is 5. The first-order valence-electron chi connectivity index (χ1n) is 19.9. The number of hydrogen-bond donors (Lipinski definition) is 3. The summed E-state index contributed by atoms with van der Waals surface area (Å²) in [6, 6.07) is 42.5. The van der Waals surface area contributed by atoms with E-state index in [1.54, 1.807) is 14.2 Å². The van der Waals surface area contributed by atoms with E-state index in [4.69, 9.17) is 18.9 Å². The molecule has 0 radical (unpaired) electrons. The van der Waals surface area contributed by atoms with Crippen LogP contribution in [0.4, 0.5) is 0 Å². The summed E-state index contributed by atoms with van der Waals surface area (Å²) in [7, 11) is 4.55. The molecule has 5 aromatic rings. The van der Waals surface area contributed by atoms with Gasteiger partial charge in [-0.25, -0.2) is 4.79 Å². The maximum absolute atomic E-state index is 13.9. The molecule has 3 N–H and O–H groups in total. The molecule has 0 fully saturated rings. The van der Waals surface area contributed by atoms with E-state index in [1.165, 1.54) is 7.11 Å². The number of ether oxygens (including phenoxy) is 4. The lowest BCUT2D eigenvalue weighted by Crippen LogP contribution is -2.54. The van der Waals surface area contributed by atoms with Gasteiger partial charge in [0.05, 0.1) is 27.9 Å². The van der Waals surface area contributed by atoms with Crippen molar-refractivity contribution in [2.75, 3.05) is 54.2 Å². The fraction of sp³-hybridized carbons (Fsp3) is 0.312. The molecule has 0 saturated carbocycles. The fourth-order valence-electron chi connectivity index (χ4n) is 7.11. The van der Waals surface area contributed by atoms with Crippen LogP contribution in [0.3, 0.4) is 0 Å². The summed E-state index contributed by atoms with van der Waals surface area (Å²) in [6.45, 7) is 1.17. The molecule has 2 amide bonds. The first-order chi connectivity index (χ1) is 28.8. The summed E-state index contributed by atoms with van der Waals surface area (Å²) < 4.78 is 23.0. The predicted molar refractivity (Wildman–Crippen MR) is 227 cm³/mol. The largest absolute Gasteiger partial charge is 0.497 e. The Labute approximate surface area is 347 Å². The first-order valence-corrected chi connectivity index (χ1v) is 19.9. The third kappa shape index (κ3) is 12.5. The zero-order valence-corrected chi connectivity index (χ0v) is 34.0. The van der Waals surface area contributed by atoms with Gasteiger partial charge in [0.15, 0.2) is 0 Å². The quantitative estimate of drug-likeness (QED) is 0.0431. The molecular formula is C48H55N3O8. The van der Waals surface area contributed by atoms with E-state index in [9.17, 15) is 19.5 Å². The molecule has 11 heteroatoms. The molecule has 5 aromatic carbocycles. The van der Waals surface area contributed by atoms with Crippen molar-refractivity contribution in [2.24, 2.45) is 0 Å². The Morgan fingerprint density at radius 2 is 1.08 bits per heavy atom. The highest BCUT2D eigenvalue weighted by Crippen LogP contribution is 2.41. The second kappa shape index (κ2) is 22.8. The number of aliphatic hydroxyl groups excluding tert-OH is 1. The number of carbonyl (C=O) groups is 3. The van der Waals surface area contributed by atoms with Crippen LogP contribution in [0.15, 0.2) is 140 Å². The van der Waals surface area contributed by atoms with Gasteiger partial charge < -0.3 is 34.7 Å². The van der Waals surface area contributed by atoms with Crippen molar-refractivity contribution in [3.8, 4) is 11.5 Å². The van der Waals surface area contributed by atoms with Crippen molar-refractivity contribution in [3.63, 3.8) is 0 Å². The van der Waals surface area contributed by atoms with Gasteiger partial charge in [0.1, 0.15) is 29.2 Å². The van der Waals surface area contributed by atoms with Gasteiger partial charge in [-0.1, -0.05) is 115 Å². The highest BCUT2D eigenvalue weighted by molar-refractivity contribution is 5.91. The lowest BCUT2D eigenvalue weighted by molar-refractivity contribution is -0.145. The number of methoxy groups -OCH3 is 3. The molecule has 2 unspecified atom stereocenters. The van der Waals surface area contributed by atoms with Crippen LogP contribution in [0, 0.1) is 0 Å². The number of amides is 2. The molecule has 0 aromatic heterocycles. The van der Waals surface area contributed by atoms with E-state index in [1.807, 2.05) is 144 Å². The van der Waals surface area contributed by atoms with Gasteiger partial charge in [0.2, 0.25) is 11.8 Å². The van der Waals surface area contributed by atoms with Gasteiger partial charge in [-0.15, -0.1) is 0 Å². The van der Waals surface area contributed by atoms with Crippen molar-refractivity contribution in [3.05, 3.63) is 167 Å². The molecule has 59 heavy (non-hydrogen) atoms. The number of nitrogens with one attached hydrogen (secondary N) is 2. The van der Waals surface area contributed by atoms with Gasteiger partial charge in [-0.2, -0.15) is 0 Å². The Bertz CT molecular complexity index is 1970. The lowest BCUT2D eigenvalue weighted by atomic mass is 9.80. The Morgan fingerprint density at radius 1 is 0.610 bits per heavy atom. The Hall–Kier alpha value is -6.01. The summed E-state index contributed by atoms with van der Waals surface area (Å²) in [5.74, 6) is -0.00470. The SMILES string of the molecule is COC(=O)C(Cc1ccccc1)NC(=O)C(Cc1ccccc1)NC(=O)CN(CCCO)CCCOC(c1ccccc1)(c1ccc(OC)cc1)c1ccc(OC)cc1. The number of carbonyl (C=O) groups excluding carboxylic acids is 3. The fourth-order valence-corrected chi connectivity index (χ4v) is 7.11. The van der Waals surface area contributed by atoms with Crippen molar-refractivity contribution in [2.45, 2.75) is 43.4 Å². The third-order valence-electron chi connectivity index (χ3n) is 10.1. The number of aliphatic hydroxyl groups is 1. The van der Waals surface area contributed by atoms with Crippen molar-refractivity contribution in [1.82, 2.24) is 15.5 Å². The molecular weight excluding hydrogens is 747 g/mol. The Kier molecular flexibility index (Phi) is 17.0. The molecule has 0 aliphatic heterocycles. The average Bonchev–Trinajstić information content (AvgIpc) is 3.28. The van der Waals surface area contributed by atoms with Crippen LogP contribution in [0.1, 0.15) is 40.7 Å². The second-order valence-corrected chi connectivity index (χ2v) is 14.1. The van der Waals surface area contributed by atoms with E-state index in [2.05, 4.69) is 10.6 Å². The molecule has 2 atom stereocenters. The molecule has 0 aliphatic rings. The normalized spacial score (nSPS) is 12.3. The van der Waals surface area contributed by atoms with Gasteiger partial charge >= 0.3 is 5.97 Å². The molecule has 0 saturated heterocycles. The zero-order valence-electron chi connectivity index (χ0n) is 34.0. The smallest absolute Gasteiger partial charge is 0.328 e. The van der Waals surface area contributed by atoms with Crippen LogP contribution >= 0.6 is 0 Å². The summed E-state index contributed by atoms with van der Waals surface area (Å²) in [5, 5.41) is 15.5. The van der Waals surface area contributed by atoms with Crippen LogP contribution in [-0.2, 0) is 42.3 Å². The minimum absolute atomic E-state index is 0.0240. The minimum Gasteiger partial charge on any atom is -0.497 e. The van der Waals surface area contributed by atoms with Crippen LogP contribution in [-0.4, -0.2) is 94.1 Å². The monoisotopic (exact) mass is 801 g/mol. The molecule has 0 spiro atoms. The maximum Gasteiger partial charge on any atom is 0.328 e. The topological polar surface area (TPSA) is 136 Å². The first kappa shape index (κ1) is 44.1. The van der Waals surface area contributed by atoms with E-state index < -0.39 is 29.6 Å². The molecule has 0 aliphatic carbocycles. The van der Waals surface area contributed by atoms with Crippen LogP contribution < -0.4 is 20.1 Å². The summed E-state index contributed by atoms with van der Waals surface area (Å²) in [4.78, 5) is 42.4. The van der Waals surface area contributed by atoms with Gasteiger partial charge in [0, 0.05) is 39.1 Å². The van der Waals surface area contributed by atoms with Gasteiger partial charge in [-0.05, 0) is 64.9 Å². The standard InChI is InChI=1S/C48H55N3O8/c1-56-41-25-21-39(22-26-41)48(38-19-11-6-12-20-38,40-23-27-42(57-2)28-24-40)59-32-14-30-51(29-13-31-52)35-45(53)49-43(33-36-15-7-4-8-16-36)46(54)50-44(47(55)58-3)34-37-17-9-5-10-18-37/h4-12,15-28,43-44,52H,13-14,29-35H2,1-3H3,(H,49,53)(H,50,54). The van der Waals surface area contributed by atoms with E-state index in [0.29, 0.717) is 32.5 Å². The Balaban J connectivity index is 1.32. The highest BCUT2D eigenvalue weighted by atomic mass is 16.5. The number of esters is 1. The molecule has 11 nitrogen and oxygen atoms in total. The average molecular weight is 802 g/mol. The number of nitrogens with zero attached hydrogens (tertiary/aromatic N) is 1. The summed E-state index contributed by atoms with van der Waals surface area (Å²) in [6.07, 6.45) is 1.44. The van der Waals surface area contributed by atoms with E-state index in [0.717, 1.165) is 39.3 Å². The molecule has 5 rings (SSSR count). The van der Waals surface area contributed by atoms with Crippen molar-refractivity contribution >= 4 is 17.8 Å². The summed E-state index contributed by atoms with van der Waals surface area (Å²) >= 11 is 0. The lowest BCUT2D eigenvalue weighted by Gasteiger charge is -2.36. The molecule has 310 valence electrons. The molecule has 0 heterocycles. The molecule has 0 bridgehead atoms. The van der Waals surface area contributed by atoms with Crippen molar-refractivity contribution in [1.29, 1.82) is 0 Å². The number of rotatable bonds is 23. The van der Waals surface area contributed by atoms with Gasteiger partial charge in [0.25, 0.3) is 0 Å². The number of hydrogen-bond acceptors (Lipinski definition) is 9. The Morgan fingerprint density at radius 3 is 1.58 bits per heavy atom. The predicted octanol–water partition coefficient (Wildman–Crippen LogP) is 5.71. The zero-order chi connectivity index (χ0) is 41.9. The second-order valence-electron chi connectivity index (χ2n) is 14.1. The van der Waals surface area contributed by atoms with Crippen molar-refractivity contribution < 1.29 is 38.4 Å². The van der Waals surface area contributed by atoms with Crippen LogP contribution in [0.5, 0.6) is 11.5 Å². The van der Waals surface area contributed by atoms with Crippen LogP contribution in [0.2, 0.25) is 0 Å². The maximum atomic E-state index is 13.9. The van der Waals surface area contributed by atoms with Crippen LogP contribution in [0.25, 0.3) is 0 Å². The van der Waals surface area contributed by atoms with Gasteiger partial charge in [-0.3, -0.25) is 14.5 Å². The summed E-state index contributed by atoms with van der Waals surface area (Å²) in [5.41, 5.74) is 3.46. The third-order valence-corrected chi connectivity index (χ3v) is 10.1.